The van der Waals surface area contributed by atoms with Gasteiger partial charge in [-0.1, -0.05) is 42.5 Å². The highest BCUT2D eigenvalue weighted by Gasteiger charge is 2.24. The lowest BCUT2D eigenvalue weighted by Crippen LogP contribution is -2.30. The molecule has 2 aromatic carbocycles. The number of amides is 1. The average Bonchev–Trinajstić information content (AvgIpc) is 3.38. The molecule has 0 radical (unpaired) electrons. The first-order valence-corrected chi connectivity index (χ1v) is 12.7. The smallest absolute Gasteiger partial charge is 0.259 e. The standard InChI is InChI=1S/C24H24N5O4P/c1-3-33-34(2,32)19-12-7-11-18(15-19)21(17-9-5-4-6-10-17)27-22(30)20-16-25-24(28-23(20)31)29-14-8-13-26-29/h4-16,21H,3H2,1-2H3,(H,27,30)(H,25,28,31)/t21-,34?/m1/s1. The van der Waals surface area contributed by atoms with Gasteiger partial charge in [0.15, 0.2) is 0 Å². The maximum absolute atomic E-state index is 13.2. The van der Waals surface area contributed by atoms with Gasteiger partial charge in [0.2, 0.25) is 13.2 Å². The third-order valence-electron chi connectivity index (χ3n) is 5.17. The fourth-order valence-electron chi connectivity index (χ4n) is 3.51. The van der Waals surface area contributed by atoms with Crippen LogP contribution in [-0.2, 0) is 9.09 Å². The number of hydrogen-bond acceptors (Lipinski definition) is 7. The van der Waals surface area contributed by atoms with Crippen LogP contribution in [-0.4, -0.2) is 44.0 Å². The lowest BCUT2D eigenvalue weighted by molar-refractivity contribution is 0.0939. The van der Waals surface area contributed by atoms with Crippen LogP contribution < -0.4 is 10.6 Å². The van der Waals surface area contributed by atoms with E-state index in [0.717, 1.165) is 5.56 Å². The number of carbonyl (C=O) groups excluding carboxylic acids is 1. The Kier molecular flexibility index (Phi) is 6.86. The van der Waals surface area contributed by atoms with Crippen LogP contribution in [0.4, 0.5) is 0 Å². The Labute approximate surface area is 196 Å². The van der Waals surface area contributed by atoms with Crippen molar-refractivity contribution in [3.8, 4) is 11.8 Å². The molecule has 0 spiro atoms. The molecule has 0 aliphatic rings. The van der Waals surface area contributed by atoms with Gasteiger partial charge in [0.1, 0.15) is 5.56 Å². The van der Waals surface area contributed by atoms with E-state index < -0.39 is 25.2 Å². The van der Waals surface area contributed by atoms with Crippen molar-refractivity contribution in [1.29, 1.82) is 0 Å². The maximum Gasteiger partial charge on any atom is 0.259 e. The Hall–Kier alpha value is -3.81. The Morgan fingerprint density at radius 3 is 2.59 bits per heavy atom. The molecule has 9 nitrogen and oxygen atoms in total. The van der Waals surface area contributed by atoms with Crippen LogP contribution in [0.5, 0.6) is 5.88 Å². The maximum atomic E-state index is 13.2. The molecule has 0 saturated heterocycles. The topological polar surface area (TPSA) is 119 Å². The van der Waals surface area contributed by atoms with E-state index in [1.807, 2.05) is 36.4 Å². The van der Waals surface area contributed by atoms with E-state index in [0.29, 0.717) is 17.5 Å². The molecule has 2 atom stereocenters. The van der Waals surface area contributed by atoms with Gasteiger partial charge in [-0.05, 0) is 36.2 Å². The summed E-state index contributed by atoms with van der Waals surface area (Å²) in [6, 6.07) is 17.6. The van der Waals surface area contributed by atoms with Crippen LogP contribution in [0, 0.1) is 0 Å². The average molecular weight is 477 g/mol. The fourth-order valence-corrected chi connectivity index (χ4v) is 4.90. The molecule has 0 saturated carbocycles. The minimum Gasteiger partial charge on any atom is -0.493 e. The summed E-state index contributed by atoms with van der Waals surface area (Å²) in [6.45, 7) is 3.69. The van der Waals surface area contributed by atoms with E-state index in [4.69, 9.17) is 4.52 Å². The van der Waals surface area contributed by atoms with E-state index >= 15 is 0 Å². The third kappa shape index (κ3) is 5.06. The molecule has 1 unspecified atom stereocenters. The summed E-state index contributed by atoms with van der Waals surface area (Å²) in [7, 11) is -3.01. The van der Waals surface area contributed by atoms with Crippen molar-refractivity contribution in [2.75, 3.05) is 13.3 Å². The highest BCUT2D eigenvalue weighted by Crippen LogP contribution is 2.41. The molecule has 0 bridgehead atoms. The van der Waals surface area contributed by atoms with Gasteiger partial charge in [0, 0.05) is 30.6 Å². The molecule has 174 valence electrons. The van der Waals surface area contributed by atoms with Gasteiger partial charge in [-0.25, -0.2) is 9.67 Å². The number of hydrogen-bond donors (Lipinski definition) is 2. The molecule has 4 aromatic rings. The summed E-state index contributed by atoms with van der Waals surface area (Å²) in [6.07, 6.45) is 4.43. The zero-order chi connectivity index (χ0) is 24.1. The number of aromatic hydroxyl groups is 1. The molecule has 4 rings (SSSR count). The lowest BCUT2D eigenvalue weighted by Gasteiger charge is -2.22. The molecule has 2 heterocycles. The van der Waals surface area contributed by atoms with Crippen LogP contribution in [0.25, 0.3) is 5.95 Å². The summed E-state index contributed by atoms with van der Waals surface area (Å²) in [4.78, 5) is 21.3. The van der Waals surface area contributed by atoms with Crippen molar-refractivity contribution < 1.29 is 19.0 Å². The Morgan fingerprint density at radius 1 is 1.15 bits per heavy atom. The molecule has 10 heteroatoms. The molecule has 0 aliphatic heterocycles. The first-order chi connectivity index (χ1) is 16.4. The van der Waals surface area contributed by atoms with Crippen molar-refractivity contribution in [2.24, 2.45) is 0 Å². The van der Waals surface area contributed by atoms with Crippen molar-refractivity contribution in [1.82, 2.24) is 25.1 Å². The van der Waals surface area contributed by atoms with Gasteiger partial charge in [0.05, 0.1) is 12.6 Å². The number of nitrogens with zero attached hydrogens (tertiary/aromatic N) is 4. The van der Waals surface area contributed by atoms with E-state index in [1.54, 1.807) is 50.2 Å². The van der Waals surface area contributed by atoms with Gasteiger partial charge < -0.3 is 14.9 Å². The summed E-state index contributed by atoms with van der Waals surface area (Å²) < 4.78 is 19.8. The second kappa shape index (κ2) is 9.99. The number of carbonyl (C=O) groups is 1. The number of rotatable bonds is 8. The van der Waals surface area contributed by atoms with Gasteiger partial charge in [-0.15, -0.1) is 0 Å². The Bertz CT molecular complexity index is 1330. The SMILES string of the molecule is CCOP(C)(=O)c1cccc([C@H](NC(=O)c2cnc(-n3cccn3)nc2O)c2ccccc2)c1. The van der Waals surface area contributed by atoms with Crippen molar-refractivity contribution in [3.63, 3.8) is 0 Å². The summed E-state index contributed by atoms with van der Waals surface area (Å²) in [5, 5.41) is 17.9. The van der Waals surface area contributed by atoms with E-state index in [2.05, 4.69) is 20.4 Å². The van der Waals surface area contributed by atoms with Crippen LogP contribution in [0.15, 0.2) is 79.3 Å². The van der Waals surface area contributed by atoms with Crippen LogP contribution in [0.3, 0.4) is 0 Å². The Balaban J connectivity index is 1.67. The van der Waals surface area contributed by atoms with Gasteiger partial charge >= 0.3 is 0 Å². The van der Waals surface area contributed by atoms with E-state index in [-0.39, 0.29) is 11.5 Å². The zero-order valence-electron chi connectivity index (χ0n) is 18.7. The highest BCUT2D eigenvalue weighted by atomic mass is 31.2. The predicted octanol–water partition coefficient (Wildman–Crippen LogP) is 3.46. The highest BCUT2D eigenvalue weighted by molar-refractivity contribution is 7.66. The fraction of sp³-hybridized carbons (Fsp3) is 0.167. The predicted molar refractivity (Wildman–Crippen MR) is 128 cm³/mol. The first kappa shape index (κ1) is 23.4. The summed E-state index contributed by atoms with van der Waals surface area (Å²) in [5.74, 6) is -0.887. The van der Waals surface area contributed by atoms with Crippen molar-refractivity contribution in [2.45, 2.75) is 13.0 Å². The normalized spacial score (nSPS) is 13.7. The van der Waals surface area contributed by atoms with Crippen molar-refractivity contribution in [3.05, 3.63) is 95.9 Å². The molecule has 2 aromatic heterocycles. The molecule has 0 fully saturated rings. The minimum atomic E-state index is -3.01. The minimum absolute atomic E-state index is 0.0801. The second-order valence-corrected chi connectivity index (χ2v) is 10.0. The first-order valence-electron chi connectivity index (χ1n) is 10.6. The molecule has 1 amide bonds. The number of benzene rings is 2. The summed E-state index contributed by atoms with van der Waals surface area (Å²) in [5.41, 5.74) is 1.44. The van der Waals surface area contributed by atoms with Crippen molar-refractivity contribution >= 4 is 18.6 Å². The zero-order valence-corrected chi connectivity index (χ0v) is 19.6. The van der Waals surface area contributed by atoms with E-state index in [9.17, 15) is 14.5 Å². The second-order valence-electron chi connectivity index (χ2n) is 7.53. The Morgan fingerprint density at radius 2 is 1.91 bits per heavy atom. The number of aromatic nitrogens is 4. The van der Waals surface area contributed by atoms with Gasteiger partial charge in [-0.3, -0.25) is 9.36 Å². The lowest BCUT2D eigenvalue weighted by atomic mass is 9.98. The molecular formula is C24H24N5O4P. The number of nitrogens with one attached hydrogen (secondary N) is 1. The summed E-state index contributed by atoms with van der Waals surface area (Å²) >= 11 is 0. The van der Waals surface area contributed by atoms with E-state index in [1.165, 1.54) is 10.9 Å². The van der Waals surface area contributed by atoms with Crippen LogP contribution in [0.1, 0.15) is 34.5 Å². The molecule has 34 heavy (non-hydrogen) atoms. The molecule has 2 N–H and O–H groups in total. The largest absolute Gasteiger partial charge is 0.493 e. The van der Waals surface area contributed by atoms with Gasteiger partial charge in [-0.2, -0.15) is 10.1 Å². The quantitative estimate of drug-likeness (QED) is 0.373. The monoisotopic (exact) mass is 477 g/mol. The van der Waals surface area contributed by atoms with Crippen LogP contribution in [0.2, 0.25) is 0 Å². The van der Waals surface area contributed by atoms with Gasteiger partial charge in [0.25, 0.3) is 11.9 Å². The molecule has 0 aliphatic carbocycles. The molecular weight excluding hydrogens is 453 g/mol. The third-order valence-corrected chi connectivity index (χ3v) is 7.13. The van der Waals surface area contributed by atoms with Crippen LogP contribution >= 0.6 is 7.37 Å².